The normalized spacial score (nSPS) is 11.2. The molecule has 0 heterocycles. The van der Waals surface area contributed by atoms with Crippen molar-refractivity contribution in [1.82, 2.24) is 0 Å². The van der Waals surface area contributed by atoms with Crippen LogP contribution in [0.4, 0.5) is 17.1 Å². The highest BCUT2D eigenvalue weighted by Gasteiger charge is 2.22. The zero-order valence-corrected chi connectivity index (χ0v) is 34.8. The second-order valence-corrected chi connectivity index (χ2v) is 16.0. The van der Waals surface area contributed by atoms with E-state index in [-0.39, 0.29) is 0 Å². The Bertz CT molecular complexity index is 3230. The molecule has 63 heavy (non-hydrogen) atoms. The van der Waals surface area contributed by atoms with E-state index in [4.69, 9.17) is 0 Å². The molecule has 0 aliphatic heterocycles. The number of fused-ring (bicyclic) bond motifs is 2. The van der Waals surface area contributed by atoms with Crippen LogP contribution in [0.5, 0.6) is 0 Å². The van der Waals surface area contributed by atoms with Gasteiger partial charge in [0.15, 0.2) is 0 Å². The molecule has 1 heteroatoms. The summed E-state index contributed by atoms with van der Waals surface area (Å²) in [7, 11) is 0. The first-order valence-corrected chi connectivity index (χ1v) is 21.7. The molecule has 0 N–H and O–H groups in total. The summed E-state index contributed by atoms with van der Waals surface area (Å²) < 4.78 is 0. The van der Waals surface area contributed by atoms with Crippen LogP contribution >= 0.6 is 0 Å². The quantitative estimate of drug-likeness (QED) is 0.141. The third kappa shape index (κ3) is 7.26. The fourth-order valence-corrected chi connectivity index (χ4v) is 9.26. The molecule has 0 aromatic heterocycles. The van der Waals surface area contributed by atoms with Gasteiger partial charge in [-0.05, 0) is 119 Å². The number of benzene rings is 11. The van der Waals surface area contributed by atoms with E-state index in [1.807, 2.05) is 0 Å². The van der Waals surface area contributed by atoms with Gasteiger partial charge in [0.25, 0.3) is 0 Å². The maximum atomic E-state index is 2.43. The lowest BCUT2D eigenvalue weighted by Crippen LogP contribution is -2.11. The zero-order valence-electron chi connectivity index (χ0n) is 34.8. The van der Waals surface area contributed by atoms with Crippen molar-refractivity contribution in [3.63, 3.8) is 0 Å². The van der Waals surface area contributed by atoms with E-state index >= 15 is 0 Å². The molecule has 11 rings (SSSR count). The molecule has 11 aromatic rings. The summed E-state index contributed by atoms with van der Waals surface area (Å²) in [5, 5.41) is 4.98. The van der Waals surface area contributed by atoms with Crippen LogP contribution in [0.15, 0.2) is 261 Å². The maximum Gasteiger partial charge on any atom is 0.0540 e. The minimum atomic E-state index is 1.08. The number of hydrogen-bond donors (Lipinski definition) is 0. The van der Waals surface area contributed by atoms with Gasteiger partial charge in [0.05, 0.1) is 5.69 Å². The van der Waals surface area contributed by atoms with Crippen LogP contribution in [0.1, 0.15) is 0 Å². The highest BCUT2D eigenvalue weighted by molar-refractivity contribution is 6.01. The van der Waals surface area contributed by atoms with Crippen molar-refractivity contribution in [2.45, 2.75) is 0 Å². The Balaban J connectivity index is 1.11. The van der Waals surface area contributed by atoms with E-state index in [0.717, 1.165) is 22.6 Å². The minimum absolute atomic E-state index is 1.08. The lowest BCUT2D eigenvalue weighted by Gasteiger charge is -2.29. The zero-order chi connectivity index (χ0) is 42.0. The van der Waals surface area contributed by atoms with Crippen molar-refractivity contribution in [2.75, 3.05) is 4.90 Å². The molecule has 1 nitrogen and oxygen atoms in total. The van der Waals surface area contributed by atoms with Crippen molar-refractivity contribution in [2.24, 2.45) is 0 Å². The Morgan fingerprint density at radius 2 is 0.603 bits per heavy atom. The summed E-state index contributed by atoms with van der Waals surface area (Å²) in [6.45, 7) is 0. The van der Waals surface area contributed by atoms with Gasteiger partial charge < -0.3 is 4.90 Å². The topological polar surface area (TPSA) is 3.24 Å². The van der Waals surface area contributed by atoms with E-state index in [9.17, 15) is 0 Å². The molecule has 296 valence electrons. The molecule has 0 radical (unpaired) electrons. The lowest BCUT2D eigenvalue weighted by molar-refractivity contribution is 1.28. The number of para-hydroxylation sites is 1. The first kappa shape index (κ1) is 37.7. The van der Waals surface area contributed by atoms with Crippen molar-refractivity contribution in [3.8, 4) is 66.8 Å². The smallest absolute Gasteiger partial charge is 0.0540 e. The van der Waals surface area contributed by atoms with Crippen molar-refractivity contribution < 1.29 is 0 Å². The van der Waals surface area contributed by atoms with Gasteiger partial charge in [-0.15, -0.1) is 0 Å². The van der Waals surface area contributed by atoms with Crippen LogP contribution < -0.4 is 4.90 Å². The van der Waals surface area contributed by atoms with E-state index in [1.54, 1.807) is 0 Å². The summed E-state index contributed by atoms with van der Waals surface area (Å²) in [4.78, 5) is 2.43. The molecule has 0 bridgehead atoms. The van der Waals surface area contributed by atoms with Crippen LogP contribution in [0, 0.1) is 0 Å². The second kappa shape index (κ2) is 16.7. The van der Waals surface area contributed by atoms with Gasteiger partial charge in [0, 0.05) is 16.9 Å². The van der Waals surface area contributed by atoms with Gasteiger partial charge in [0.1, 0.15) is 0 Å². The van der Waals surface area contributed by atoms with Crippen molar-refractivity contribution in [1.29, 1.82) is 0 Å². The van der Waals surface area contributed by atoms with Gasteiger partial charge in [-0.25, -0.2) is 0 Å². The lowest BCUT2D eigenvalue weighted by atomic mass is 9.86. The van der Waals surface area contributed by atoms with E-state index in [1.165, 1.54) is 82.7 Å². The first-order valence-electron chi connectivity index (χ1n) is 21.7. The molecular weight excluding hydrogens is 759 g/mol. The Kier molecular flexibility index (Phi) is 9.97. The molecule has 0 atom stereocenters. The average Bonchev–Trinajstić information content (AvgIpc) is 3.37. The van der Waals surface area contributed by atoms with Crippen LogP contribution in [-0.2, 0) is 0 Å². The molecule has 0 aliphatic rings. The van der Waals surface area contributed by atoms with Crippen LogP contribution in [0.2, 0.25) is 0 Å². The first-order chi connectivity index (χ1) is 31.3. The number of hydrogen-bond acceptors (Lipinski definition) is 1. The van der Waals surface area contributed by atoms with Crippen molar-refractivity contribution in [3.05, 3.63) is 261 Å². The number of anilines is 3. The fraction of sp³-hybridized carbons (Fsp3) is 0. The Hall–Kier alpha value is -8.26. The third-order valence-corrected chi connectivity index (χ3v) is 12.3. The maximum absolute atomic E-state index is 2.43. The number of rotatable bonds is 9. The summed E-state index contributed by atoms with van der Waals surface area (Å²) in [5.41, 5.74) is 17.5. The molecule has 0 amide bonds. The average molecular weight is 802 g/mol. The molecule has 0 fully saturated rings. The van der Waals surface area contributed by atoms with E-state index in [2.05, 4.69) is 266 Å². The van der Waals surface area contributed by atoms with Gasteiger partial charge >= 0.3 is 0 Å². The molecule has 11 aromatic carbocycles. The Morgan fingerprint density at radius 1 is 0.206 bits per heavy atom. The van der Waals surface area contributed by atoms with Crippen LogP contribution in [0.3, 0.4) is 0 Å². The highest BCUT2D eigenvalue weighted by atomic mass is 15.1. The van der Waals surface area contributed by atoms with E-state index in [0.29, 0.717) is 0 Å². The summed E-state index contributed by atoms with van der Waals surface area (Å²) in [6, 6.07) is 94.7. The molecule has 0 saturated heterocycles. The van der Waals surface area contributed by atoms with Gasteiger partial charge in [-0.1, -0.05) is 224 Å². The summed E-state index contributed by atoms with van der Waals surface area (Å²) >= 11 is 0. The second-order valence-electron chi connectivity index (χ2n) is 16.0. The van der Waals surface area contributed by atoms with E-state index < -0.39 is 0 Å². The van der Waals surface area contributed by atoms with Gasteiger partial charge in [-0.2, -0.15) is 0 Å². The van der Waals surface area contributed by atoms with Crippen LogP contribution in [-0.4, -0.2) is 0 Å². The van der Waals surface area contributed by atoms with Gasteiger partial charge in [0.2, 0.25) is 0 Å². The summed E-state index contributed by atoms with van der Waals surface area (Å²) in [5.74, 6) is 0. The minimum Gasteiger partial charge on any atom is -0.310 e. The Morgan fingerprint density at radius 3 is 1.19 bits per heavy atom. The SMILES string of the molecule is c1ccc(-c2ccc(-c3ccccc3-c3ccccc3)c(-c3ccccc3N(c3ccc(-c4cccc5ccccc45)cc3)c3ccc(-c4cccc5ccccc45)cc3)c2)cc1. The third-order valence-electron chi connectivity index (χ3n) is 12.3. The van der Waals surface area contributed by atoms with Crippen LogP contribution in [0.25, 0.3) is 88.3 Å². The monoisotopic (exact) mass is 801 g/mol. The molecule has 0 saturated carbocycles. The molecular formula is C62H43N. The highest BCUT2D eigenvalue weighted by Crippen LogP contribution is 2.47. The standard InChI is InChI=1S/C62H43N/c1-3-17-44(18-4-1)50-37-42-59(58-28-12-11-27-57(58)45-19-5-2-6-20-45)61(43-50)60-29-13-14-32-62(60)63(51-38-33-48(34-39-51)55-30-15-23-46-21-7-9-25-53(46)55)52-40-35-49(36-41-52)56-31-16-24-47-22-8-10-26-54(47)56/h1-43H. The van der Waals surface area contributed by atoms with Gasteiger partial charge in [-0.3, -0.25) is 0 Å². The van der Waals surface area contributed by atoms with Crippen molar-refractivity contribution >= 4 is 38.6 Å². The summed E-state index contributed by atoms with van der Waals surface area (Å²) in [6.07, 6.45) is 0. The molecule has 0 spiro atoms. The largest absolute Gasteiger partial charge is 0.310 e. The number of nitrogens with zero attached hydrogens (tertiary/aromatic N) is 1. The molecule has 0 aliphatic carbocycles. The Labute approximate surface area is 369 Å². The predicted molar refractivity (Wildman–Crippen MR) is 269 cm³/mol. The predicted octanol–water partition coefficient (Wildman–Crippen LogP) is 17.5. The molecule has 0 unspecified atom stereocenters. The fourth-order valence-electron chi connectivity index (χ4n) is 9.26.